The average molecular weight is 415 g/mol. The van der Waals surface area contributed by atoms with Crippen LogP contribution in [0.4, 0.5) is 0 Å². The maximum atomic E-state index is 12.0. The molecule has 0 unspecified atom stereocenters. The van der Waals surface area contributed by atoms with Crippen LogP contribution in [0.15, 0.2) is 18.3 Å². The van der Waals surface area contributed by atoms with E-state index in [9.17, 15) is 4.79 Å². The Hall–Kier alpha value is -1.73. The Labute approximate surface area is 166 Å². The molecule has 0 fully saturated rings. The molecule has 9 heteroatoms. The fourth-order valence-corrected chi connectivity index (χ4v) is 3.84. The van der Waals surface area contributed by atoms with E-state index >= 15 is 0 Å². The van der Waals surface area contributed by atoms with Gasteiger partial charge in [-0.1, -0.05) is 23.2 Å². The number of amides is 1. The van der Waals surface area contributed by atoms with E-state index in [0.717, 1.165) is 39.8 Å². The van der Waals surface area contributed by atoms with E-state index in [1.807, 2.05) is 25.4 Å². The molecule has 0 saturated carbocycles. The van der Waals surface area contributed by atoms with Crippen LogP contribution in [0.2, 0.25) is 10.0 Å². The number of rotatable bonds is 2. The molecule has 0 atom stereocenters. The Balaban J connectivity index is 0.00000196. The zero-order valence-electron chi connectivity index (χ0n) is 14.1. The van der Waals surface area contributed by atoms with Crippen LogP contribution < -0.4 is 5.73 Å². The lowest BCUT2D eigenvalue weighted by Gasteiger charge is -2.27. The maximum Gasteiger partial charge on any atom is 0.236 e. The molecule has 26 heavy (non-hydrogen) atoms. The Kier molecular flexibility index (Phi) is 5.21. The smallest absolute Gasteiger partial charge is 0.236 e. The first-order chi connectivity index (χ1) is 12.0. The third-order valence-electron chi connectivity index (χ3n) is 4.66. The van der Waals surface area contributed by atoms with Crippen LogP contribution in [0.25, 0.3) is 22.2 Å². The van der Waals surface area contributed by atoms with Gasteiger partial charge in [-0.15, -0.1) is 12.4 Å². The molecule has 6 nitrogen and oxygen atoms in total. The molecule has 3 N–H and O–H groups in total. The third kappa shape index (κ3) is 2.97. The number of aromatic nitrogens is 3. The van der Waals surface area contributed by atoms with Crippen molar-refractivity contribution in [1.82, 2.24) is 19.7 Å². The number of hydrogen-bond acceptors (Lipinski definition) is 3. The van der Waals surface area contributed by atoms with Crippen molar-refractivity contribution in [2.24, 2.45) is 12.8 Å². The third-order valence-corrected chi connectivity index (χ3v) is 5.45. The number of fused-ring (bicyclic) bond motifs is 3. The molecule has 3 aromatic rings. The molecule has 1 aliphatic heterocycles. The Morgan fingerprint density at radius 2 is 2.19 bits per heavy atom. The number of halogens is 3. The Bertz CT molecular complexity index is 994. The summed E-state index contributed by atoms with van der Waals surface area (Å²) in [5.41, 5.74) is 10.2. The average Bonchev–Trinajstić information content (AvgIpc) is 3.20. The largest absolute Gasteiger partial charge is 0.357 e. The topological polar surface area (TPSA) is 79.9 Å². The van der Waals surface area contributed by atoms with E-state index in [1.54, 1.807) is 9.58 Å². The second-order valence-corrected chi connectivity index (χ2v) is 6.98. The van der Waals surface area contributed by atoms with Gasteiger partial charge >= 0.3 is 0 Å². The second kappa shape index (κ2) is 7.12. The number of nitrogens with zero attached hydrogens (tertiary/aromatic N) is 3. The molecule has 1 aliphatic rings. The first-order valence-corrected chi connectivity index (χ1v) is 8.74. The number of H-pyrrole nitrogens is 1. The number of aromatic amines is 1. The molecule has 0 bridgehead atoms. The van der Waals surface area contributed by atoms with Crippen molar-refractivity contribution in [3.63, 3.8) is 0 Å². The van der Waals surface area contributed by atoms with Crippen molar-refractivity contribution in [1.29, 1.82) is 0 Å². The molecule has 0 spiro atoms. The second-order valence-electron chi connectivity index (χ2n) is 6.20. The van der Waals surface area contributed by atoms with Crippen LogP contribution in [-0.2, 0) is 24.8 Å². The first kappa shape index (κ1) is 19.0. The molecule has 2 aromatic heterocycles. The molecular weight excluding hydrogens is 397 g/mol. The van der Waals surface area contributed by atoms with Crippen molar-refractivity contribution in [2.45, 2.75) is 13.0 Å². The van der Waals surface area contributed by atoms with Gasteiger partial charge in [-0.2, -0.15) is 5.10 Å². The lowest BCUT2D eigenvalue weighted by atomic mass is 9.99. The minimum Gasteiger partial charge on any atom is -0.357 e. The molecule has 3 heterocycles. The molecule has 0 radical (unpaired) electrons. The first-order valence-electron chi connectivity index (χ1n) is 7.99. The van der Waals surface area contributed by atoms with Crippen LogP contribution in [0, 0.1) is 0 Å². The summed E-state index contributed by atoms with van der Waals surface area (Å²) in [5, 5.41) is 6.43. The zero-order valence-corrected chi connectivity index (χ0v) is 16.4. The van der Waals surface area contributed by atoms with Crippen LogP contribution in [-0.4, -0.2) is 38.7 Å². The predicted molar refractivity (Wildman–Crippen MR) is 106 cm³/mol. The summed E-state index contributed by atoms with van der Waals surface area (Å²) >= 11 is 12.8. The van der Waals surface area contributed by atoms with E-state index in [2.05, 4.69) is 10.1 Å². The number of nitrogens with two attached hydrogens (primary N) is 1. The van der Waals surface area contributed by atoms with Crippen molar-refractivity contribution < 1.29 is 4.79 Å². The summed E-state index contributed by atoms with van der Waals surface area (Å²) < 4.78 is 1.74. The number of carbonyl (C=O) groups is 1. The highest BCUT2D eigenvalue weighted by Crippen LogP contribution is 2.41. The van der Waals surface area contributed by atoms with Gasteiger partial charge < -0.3 is 15.6 Å². The lowest BCUT2D eigenvalue weighted by molar-refractivity contribution is -0.130. The molecule has 1 amide bonds. The van der Waals surface area contributed by atoms with Gasteiger partial charge in [0.2, 0.25) is 5.91 Å². The highest BCUT2D eigenvalue weighted by molar-refractivity contribution is 6.45. The monoisotopic (exact) mass is 413 g/mol. The normalized spacial score (nSPS) is 13.6. The molecule has 0 aliphatic carbocycles. The summed E-state index contributed by atoms with van der Waals surface area (Å²) in [5.74, 6) is -0.0561. The molecule has 1 aromatic carbocycles. The zero-order chi connectivity index (χ0) is 17.7. The van der Waals surface area contributed by atoms with Gasteiger partial charge in [0.1, 0.15) is 0 Å². The highest BCUT2D eigenvalue weighted by atomic mass is 35.5. The van der Waals surface area contributed by atoms with Crippen molar-refractivity contribution in [3.05, 3.63) is 39.6 Å². The maximum absolute atomic E-state index is 12.0. The molecule has 4 rings (SSSR count). The van der Waals surface area contributed by atoms with Gasteiger partial charge in [0.05, 0.1) is 27.8 Å². The van der Waals surface area contributed by atoms with E-state index in [1.165, 1.54) is 0 Å². The van der Waals surface area contributed by atoms with Gasteiger partial charge in [-0.25, -0.2) is 0 Å². The summed E-state index contributed by atoms with van der Waals surface area (Å²) in [6.45, 7) is 1.15. The fraction of sp³-hybridized carbons (Fsp3) is 0.294. The van der Waals surface area contributed by atoms with E-state index in [-0.39, 0.29) is 24.9 Å². The Morgan fingerprint density at radius 1 is 1.42 bits per heavy atom. The lowest BCUT2D eigenvalue weighted by Crippen LogP contribution is -2.39. The van der Waals surface area contributed by atoms with Crippen molar-refractivity contribution in [3.8, 4) is 11.3 Å². The van der Waals surface area contributed by atoms with Crippen molar-refractivity contribution >= 4 is 52.4 Å². The quantitative estimate of drug-likeness (QED) is 0.676. The van der Waals surface area contributed by atoms with E-state index in [0.29, 0.717) is 23.1 Å². The van der Waals surface area contributed by atoms with E-state index in [4.69, 9.17) is 28.9 Å². The summed E-state index contributed by atoms with van der Waals surface area (Å²) in [6, 6.07) is 3.77. The van der Waals surface area contributed by atoms with Gasteiger partial charge in [0.25, 0.3) is 0 Å². The summed E-state index contributed by atoms with van der Waals surface area (Å²) in [4.78, 5) is 17.2. The Morgan fingerprint density at radius 3 is 2.85 bits per heavy atom. The van der Waals surface area contributed by atoms with Gasteiger partial charge in [-0.05, 0) is 12.1 Å². The minimum absolute atomic E-state index is 0. The fourth-order valence-electron chi connectivity index (χ4n) is 3.44. The molecule has 0 saturated heterocycles. The van der Waals surface area contributed by atoms with Gasteiger partial charge in [0.15, 0.2) is 0 Å². The number of hydrogen-bond donors (Lipinski definition) is 2. The van der Waals surface area contributed by atoms with E-state index < -0.39 is 0 Å². The number of benzene rings is 1. The van der Waals surface area contributed by atoms with Crippen molar-refractivity contribution in [2.75, 3.05) is 13.1 Å². The molecule has 138 valence electrons. The van der Waals surface area contributed by atoms with Crippen LogP contribution >= 0.6 is 35.6 Å². The SMILES string of the molecule is Cl.Cn1ccc(-c2cc(Cl)c(Cl)c3[nH]c4c(c23)CN(C(=O)CN)CC4)n1. The molecular formula is C17H18Cl3N5O. The summed E-state index contributed by atoms with van der Waals surface area (Å²) in [7, 11) is 1.87. The number of carbonyl (C=O) groups excluding carboxylic acids is 1. The van der Waals surface area contributed by atoms with Crippen LogP contribution in [0.1, 0.15) is 11.3 Å². The van der Waals surface area contributed by atoms with Gasteiger partial charge in [0, 0.05) is 55.0 Å². The number of aryl methyl sites for hydroxylation is 1. The van der Waals surface area contributed by atoms with Crippen LogP contribution in [0.5, 0.6) is 0 Å². The minimum atomic E-state index is -0.0561. The standard InChI is InChI=1S/C17H17Cl2N5O.ClH/c1-23-4-2-13(22-23)9-6-11(18)16(19)17-15(9)10-8-24(14(25)7-20)5-3-12(10)21-17;/h2,4,6,21H,3,5,7-8,20H2,1H3;1H. The van der Waals surface area contributed by atoms with Crippen LogP contribution in [0.3, 0.4) is 0 Å². The predicted octanol–water partition coefficient (Wildman–Crippen LogP) is 3.14. The highest BCUT2D eigenvalue weighted by Gasteiger charge is 2.27. The summed E-state index contributed by atoms with van der Waals surface area (Å²) in [6.07, 6.45) is 2.61. The number of nitrogens with one attached hydrogen (secondary N) is 1. The van der Waals surface area contributed by atoms with Gasteiger partial charge in [-0.3, -0.25) is 9.48 Å².